The predicted molar refractivity (Wildman–Crippen MR) is 103 cm³/mol. The van der Waals surface area contributed by atoms with E-state index in [0.29, 0.717) is 25.3 Å². The van der Waals surface area contributed by atoms with Crippen LogP contribution in [-0.2, 0) is 23.8 Å². The minimum Gasteiger partial charge on any atom is -0.368 e. The van der Waals surface area contributed by atoms with Gasteiger partial charge in [0.25, 0.3) is 5.91 Å². The van der Waals surface area contributed by atoms with Crippen molar-refractivity contribution in [2.24, 2.45) is 7.05 Å². The van der Waals surface area contributed by atoms with Gasteiger partial charge in [0.1, 0.15) is 5.60 Å². The van der Waals surface area contributed by atoms with Gasteiger partial charge < -0.3 is 9.64 Å². The first-order valence-electron chi connectivity index (χ1n) is 9.71. The number of carbonyl (C=O) groups is 1. The maximum atomic E-state index is 12.7. The Balaban J connectivity index is 1.38. The van der Waals surface area contributed by atoms with Crippen LogP contribution in [0.1, 0.15) is 34.5 Å². The van der Waals surface area contributed by atoms with Gasteiger partial charge in [-0.2, -0.15) is 10.2 Å². The van der Waals surface area contributed by atoms with E-state index in [2.05, 4.69) is 23.4 Å². The lowest BCUT2D eigenvalue weighted by Gasteiger charge is -2.42. The number of aryl methyl sites for hydroxylation is 1. The fourth-order valence-electron chi connectivity index (χ4n) is 4.28. The molecule has 1 fully saturated rings. The molecule has 1 saturated heterocycles. The van der Waals surface area contributed by atoms with Crippen LogP contribution in [0, 0.1) is 0 Å². The zero-order valence-electron chi connectivity index (χ0n) is 15.9. The summed E-state index contributed by atoms with van der Waals surface area (Å²) in [5.74, 6) is 0.0359. The van der Waals surface area contributed by atoms with Crippen LogP contribution in [0.4, 0.5) is 0 Å². The molecule has 0 saturated carbocycles. The van der Waals surface area contributed by atoms with E-state index in [4.69, 9.17) is 9.84 Å². The Labute approximate surface area is 163 Å². The van der Waals surface area contributed by atoms with Gasteiger partial charge >= 0.3 is 0 Å². The number of likely N-dealkylation sites (tertiary alicyclic amines) is 1. The Morgan fingerprint density at radius 1 is 1.14 bits per heavy atom. The normalized spacial score (nSPS) is 18.2. The second-order valence-electron chi connectivity index (χ2n) is 7.57. The van der Waals surface area contributed by atoms with Gasteiger partial charge in [-0.1, -0.05) is 18.2 Å². The van der Waals surface area contributed by atoms with Gasteiger partial charge in [0.2, 0.25) is 0 Å². The van der Waals surface area contributed by atoms with E-state index in [1.54, 1.807) is 17.1 Å². The molecule has 1 amide bonds. The quantitative estimate of drug-likeness (QED) is 0.687. The molecule has 0 atom stereocenters. The molecule has 0 radical (unpaired) electrons. The van der Waals surface area contributed by atoms with E-state index >= 15 is 0 Å². The van der Waals surface area contributed by atoms with Crippen molar-refractivity contribution in [3.8, 4) is 5.69 Å². The van der Waals surface area contributed by atoms with Crippen molar-refractivity contribution in [3.05, 3.63) is 65.7 Å². The number of hydrogen-bond donors (Lipinski definition) is 0. The maximum absolute atomic E-state index is 12.7. The molecule has 7 heteroatoms. The molecule has 7 nitrogen and oxygen atoms in total. The zero-order valence-corrected chi connectivity index (χ0v) is 15.9. The highest BCUT2D eigenvalue weighted by atomic mass is 16.5. The van der Waals surface area contributed by atoms with Crippen LogP contribution in [0.2, 0.25) is 0 Å². The molecule has 2 aromatic heterocycles. The number of amides is 1. The number of ether oxygens (including phenoxy) is 1. The van der Waals surface area contributed by atoms with Crippen LogP contribution in [0.3, 0.4) is 0 Å². The van der Waals surface area contributed by atoms with Crippen molar-refractivity contribution in [2.45, 2.75) is 24.9 Å². The summed E-state index contributed by atoms with van der Waals surface area (Å²) in [4.78, 5) is 14.6. The van der Waals surface area contributed by atoms with Crippen LogP contribution in [0.25, 0.3) is 5.69 Å². The van der Waals surface area contributed by atoms with Crippen molar-refractivity contribution < 1.29 is 9.53 Å². The number of fused-ring (bicyclic) bond motifs is 2. The predicted octanol–water partition coefficient (Wildman–Crippen LogP) is 2.31. The lowest BCUT2D eigenvalue weighted by Crippen LogP contribution is -2.48. The molecule has 2 aliphatic heterocycles. The van der Waals surface area contributed by atoms with E-state index in [1.807, 2.05) is 34.8 Å². The monoisotopic (exact) mass is 377 g/mol. The number of para-hydroxylation sites is 1. The third-order valence-corrected chi connectivity index (χ3v) is 5.80. The molecule has 4 heterocycles. The number of piperidine rings is 1. The van der Waals surface area contributed by atoms with Crippen molar-refractivity contribution >= 4 is 5.91 Å². The molecule has 2 aliphatic rings. The smallest absolute Gasteiger partial charge is 0.257 e. The lowest BCUT2D eigenvalue weighted by molar-refractivity contribution is -0.0963. The Hall–Kier alpha value is -2.93. The SMILES string of the molecule is Cn1cc(C(=O)N2CCC3(CC2)OCCc2cn(-c4ccccc4)nc23)cn1. The zero-order chi connectivity index (χ0) is 19.1. The van der Waals surface area contributed by atoms with Crippen LogP contribution in [0.15, 0.2) is 48.9 Å². The average molecular weight is 377 g/mol. The molecule has 3 aromatic rings. The number of carbonyl (C=O) groups excluding carboxylic acids is 1. The molecule has 28 heavy (non-hydrogen) atoms. The van der Waals surface area contributed by atoms with E-state index in [-0.39, 0.29) is 11.5 Å². The molecular formula is C21H23N5O2. The minimum absolute atomic E-state index is 0.0359. The fourth-order valence-corrected chi connectivity index (χ4v) is 4.28. The minimum atomic E-state index is -0.390. The molecule has 0 bridgehead atoms. The molecule has 1 aromatic carbocycles. The second-order valence-corrected chi connectivity index (χ2v) is 7.57. The average Bonchev–Trinajstić information content (AvgIpc) is 3.36. The highest BCUT2D eigenvalue weighted by Gasteiger charge is 2.44. The van der Waals surface area contributed by atoms with E-state index in [1.165, 1.54) is 5.56 Å². The Morgan fingerprint density at radius 2 is 1.93 bits per heavy atom. The number of hydrogen-bond acceptors (Lipinski definition) is 4. The summed E-state index contributed by atoms with van der Waals surface area (Å²) in [6.07, 6.45) is 7.92. The molecule has 0 aliphatic carbocycles. The van der Waals surface area contributed by atoms with Crippen molar-refractivity contribution in [1.82, 2.24) is 24.5 Å². The number of rotatable bonds is 2. The third-order valence-electron chi connectivity index (χ3n) is 5.80. The molecule has 5 rings (SSSR count). The van der Waals surface area contributed by atoms with Gasteiger partial charge in [-0.3, -0.25) is 9.48 Å². The van der Waals surface area contributed by atoms with E-state index in [9.17, 15) is 4.79 Å². The largest absolute Gasteiger partial charge is 0.368 e. The van der Waals surface area contributed by atoms with Gasteiger partial charge in [-0.05, 0) is 37.0 Å². The molecular weight excluding hydrogens is 354 g/mol. The van der Waals surface area contributed by atoms with Gasteiger partial charge in [0.05, 0.1) is 29.7 Å². The first-order chi connectivity index (χ1) is 13.6. The number of benzene rings is 1. The summed E-state index contributed by atoms with van der Waals surface area (Å²) in [6, 6.07) is 10.2. The van der Waals surface area contributed by atoms with Crippen LogP contribution in [-0.4, -0.2) is 50.1 Å². The molecule has 0 N–H and O–H groups in total. The Morgan fingerprint density at radius 3 is 2.64 bits per heavy atom. The first-order valence-corrected chi connectivity index (χ1v) is 9.71. The summed E-state index contributed by atoms with van der Waals surface area (Å²) in [7, 11) is 1.82. The topological polar surface area (TPSA) is 65.2 Å². The van der Waals surface area contributed by atoms with Crippen molar-refractivity contribution in [2.75, 3.05) is 19.7 Å². The van der Waals surface area contributed by atoms with Crippen LogP contribution < -0.4 is 0 Å². The standard InChI is InChI=1S/C21H23N5O2/c1-24-14-17(13-22-24)20(27)25-10-8-21(9-11-25)19-16(7-12-28-21)15-26(23-19)18-5-3-2-4-6-18/h2-6,13-15H,7-12H2,1H3. The van der Waals surface area contributed by atoms with Crippen molar-refractivity contribution in [1.29, 1.82) is 0 Å². The van der Waals surface area contributed by atoms with Gasteiger partial charge in [-0.25, -0.2) is 4.68 Å². The molecule has 1 spiro atoms. The van der Waals surface area contributed by atoms with E-state index in [0.717, 1.165) is 30.6 Å². The fraction of sp³-hybridized carbons (Fsp3) is 0.381. The summed E-state index contributed by atoms with van der Waals surface area (Å²) in [5, 5.41) is 9.01. The Kier molecular flexibility index (Phi) is 4.05. The highest BCUT2D eigenvalue weighted by Crippen LogP contribution is 2.41. The number of aromatic nitrogens is 4. The first kappa shape index (κ1) is 17.2. The summed E-state index contributed by atoms with van der Waals surface area (Å²) in [6.45, 7) is 2.01. The van der Waals surface area contributed by atoms with Gasteiger partial charge in [-0.15, -0.1) is 0 Å². The summed E-state index contributed by atoms with van der Waals surface area (Å²) >= 11 is 0. The van der Waals surface area contributed by atoms with Gasteiger partial charge in [0, 0.05) is 32.5 Å². The van der Waals surface area contributed by atoms with Crippen LogP contribution in [0.5, 0.6) is 0 Å². The van der Waals surface area contributed by atoms with Gasteiger partial charge in [0.15, 0.2) is 0 Å². The third kappa shape index (κ3) is 2.82. The highest BCUT2D eigenvalue weighted by molar-refractivity contribution is 5.93. The Bertz CT molecular complexity index is 999. The van der Waals surface area contributed by atoms with E-state index < -0.39 is 0 Å². The number of nitrogens with zero attached hydrogens (tertiary/aromatic N) is 5. The molecule has 144 valence electrons. The lowest BCUT2D eigenvalue weighted by atomic mass is 9.83. The summed E-state index contributed by atoms with van der Waals surface area (Å²) in [5.41, 5.74) is 3.59. The van der Waals surface area contributed by atoms with Crippen LogP contribution >= 0.6 is 0 Å². The second kappa shape index (κ2) is 6.60. The van der Waals surface area contributed by atoms with Crippen molar-refractivity contribution in [3.63, 3.8) is 0 Å². The maximum Gasteiger partial charge on any atom is 0.257 e. The summed E-state index contributed by atoms with van der Waals surface area (Å²) < 4.78 is 9.90. The molecule has 0 unspecified atom stereocenters.